The van der Waals surface area contributed by atoms with Crippen LogP contribution in [0.5, 0.6) is 0 Å². The molecular weight excluding hydrogens is 414 g/mol. The molecule has 0 radical (unpaired) electrons. The fraction of sp³-hybridized carbons (Fsp3) is 0.444. The lowest BCUT2D eigenvalue weighted by molar-refractivity contribution is -0.137. The zero-order valence-electron chi connectivity index (χ0n) is 14.7. The number of halogens is 5. The molecule has 3 heterocycles. The third kappa shape index (κ3) is 3.86. The normalized spacial score (nSPS) is 22.1. The smallest absolute Gasteiger partial charge is 0.367 e. The lowest BCUT2D eigenvalue weighted by Gasteiger charge is -2.16. The molecule has 3 N–H and O–H groups in total. The Morgan fingerprint density at radius 1 is 1.00 bits per heavy atom. The summed E-state index contributed by atoms with van der Waals surface area (Å²) in [6.07, 6.45) is 0.371. The Kier molecular flexibility index (Phi) is 5.67. The topological polar surface area (TPSA) is 61.9 Å². The van der Waals surface area contributed by atoms with Crippen LogP contribution in [0, 0.1) is 0 Å². The number of anilines is 3. The average Bonchev–Trinajstić information content (AvgIpc) is 3.17. The number of hydrogen-bond donors (Lipinski definition) is 3. The first-order valence-electron chi connectivity index (χ1n) is 8.85. The Labute approximate surface area is 172 Å². The second-order valence-electron chi connectivity index (χ2n) is 7.19. The van der Waals surface area contributed by atoms with Gasteiger partial charge >= 0.3 is 6.18 Å². The van der Waals surface area contributed by atoms with E-state index in [4.69, 9.17) is 0 Å². The number of alkyl halides is 3. The molecule has 28 heavy (non-hydrogen) atoms. The van der Waals surface area contributed by atoms with Gasteiger partial charge in [0.25, 0.3) is 0 Å². The molecule has 2 aromatic rings. The van der Waals surface area contributed by atoms with Crippen LogP contribution >= 0.6 is 24.8 Å². The van der Waals surface area contributed by atoms with Gasteiger partial charge in [-0.25, -0.2) is 4.98 Å². The van der Waals surface area contributed by atoms with E-state index in [1.165, 1.54) is 11.1 Å². The van der Waals surface area contributed by atoms with E-state index in [1.54, 1.807) is 0 Å². The van der Waals surface area contributed by atoms with Crippen molar-refractivity contribution in [3.63, 3.8) is 0 Å². The molecule has 2 bridgehead atoms. The number of aromatic nitrogens is 2. The number of rotatable bonds is 4. The first-order valence-corrected chi connectivity index (χ1v) is 8.85. The highest BCUT2D eigenvalue weighted by Gasteiger charge is 2.37. The average molecular weight is 434 g/mol. The molecule has 0 amide bonds. The summed E-state index contributed by atoms with van der Waals surface area (Å²) >= 11 is 0. The second-order valence-corrected chi connectivity index (χ2v) is 7.19. The molecule has 5 nitrogen and oxygen atoms in total. The fourth-order valence-corrected chi connectivity index (χ4v) is 3.81. The minimum atomic E-state index is -4.48. The van der Waals surface area contributed by atoms with Crippen LogP contribution in [0.15, 0.2) is 24.4 Å². The van der Waals surface area contributed by atoms with E-state index in [1.807, 2.05) is 12.1 Å². The van der Waals surface area contributed by atoms with E-state index >= 15 is 0 Å². The maximum atomic E-state index is 13.2. The molecule has 0 unspecified atom stereocenters. The molecule has 2 fully saturated rings. The van der Waals surface area contributed by atoms with Gasteiger partial charge in [-0.05, 0) is 48.9 Å². The quantitative estimate of drug-likeness (QED) is 0.623. The molecule has 5 rings (SSSR count). The van der Waals surface area contributed by atoms with Gasteiger partial charge < -0.3 is 16.0 Å². The molecule has 1 aliphatic carbocycles. The van der Waals surface area contributed by atoms with Crippen molar-refractivity contribution in [1.29, 1.82) is 0 Å². The number of fused-ring (bicyclic) bond motifs is 5. The van der Waals surface area contributed by atoms with Gasteiger partial charge in [-0.15, -0.1) is 24.8 Å². The molecule has 1 aromatic heterocycles. The third-order valence-electron chi connectivity index (χ3n) is 5.25. The van der Waals surface area contributed by atoms with Gasteiger partial charge in [-0.1, -0.05) is 6.07 Å². The van der Waals surface area contributed by atoms with Gasteiger partial charge in [0.05, 0.1) is 0 Å². The van der Waals surface area contributed by atoms with Crippen molar-refractivity contribution >= 4 is 42.3 Å². The Morgan fingerprint density at radius 2 is 1.71 bits per heavy atom. The Balaban J connectivity index is 0.00000112. The van der Waals surface area contributed by atoms with Crippen LogP contribution in [0.1, 0.15) is 54.5 Å². The summed E-state index contributed by atoms with van der Waals surface area (Å²) < 4.78 is 39.5. The van der Waals surface area contributed by atoms with Gasteiger partial charge in [-0.2, -0.15) is 18.2 Å². The van der Waals surface area contributed by atoms with E-state index in [2.05, 4.69) is 32.0 Å². The summed E-state index contributed by atoms with van der Waals surface area (Å²) in [7, 11) is 0. The summed E-state index contributed by atoms with van der Waals surface area (Å²) in [6, 6.07) is 6.91. The van der Waals surface area contributed by atoms with E-state index in [-0.39, 0.29) is 42.6 Å². The first kappa shape index (κ1) is 21.0. The van der Waals surface area contributed by atoms with Crippen LogP contribution in [0.4, 0.5) is 30.6 Å². The summed E-state index contributed by atoms with van der Waals surface area (Å²) in [5.41, 5.74) is 2.53. The lowest BCUT2D eigenvalue weighted by Crippen LogP contribution is -2.15. The predicted molar refractivity (Wildman–Crippen MR) is 106 cm³/mol. The van der Waals surface area contributed by atoms with Crippen molar-refractivity contribution in [3.05, 3.63) is 41.1 Å². The number of nitrogens with one attached hydrogen (secondary N) is 3. The molecule has 152 valence electrons. The van der Waals surface area contributed by atoms with E-state index in [0.717, 1.165) is 37.6 Å². The van der Waals surface area contributed by atoms with E-state index in [0.29, 0.717) is 12.1 Å². The number of hydrogen-bond acceptors (Lipinski definition) is 5. The summed E-state index contributed by atoms with van der Waals surface area (Å²) in [5.74, 6) is 0.0107. The molecule has 3 aliphatic rings. The van der Waals surface area contributed by atoms with Crippen LogP contribution in [-0.4, -0.2) is 16.0 Å². The van der Waals surface area contributed by atoms with Gasteiger partial charge in [0, 0.05) is 30.0 Å². The van der Waals surface area contributed by atoms with Crippen LogP contribution in [0.2, 0.25) is 0 Å². The van der Waals surface area contributed by atoms with Crippen molar-refractivity contribution in [2.75, 3.05) is 10.6 Å². The van der Waals surface area contributed by atoms with Gasteiger partial charge in [0.15, 0.2) is 0 Å². The largest absolute Gasteiger partial charge is 0.421 e. The molecule has 2 aliphatic heterocycles. The monoisotopic (exact) mass is 433 g/mol. The van der Waals surface area contributed by atoms with Crippen molar-refractivity contribution < 1.29 is 13.2 Å². The second kappa shape index (κ2) is 7.57. The van der Waals surface area contributed by atoms with Crippen LogP contribution in [0.25, 0.3) is 0 Å². The zero-order valence-corrected chi connectivity index (χ0v) is 16.3. The van der Waals surface area contributed by atoms with Gasteiger partial charge in [-0.3, -0.25) is 0 Å². The molecule has 1 aromatic carbocycles. The Bertz CT molecular complexity index is 873. The van der Waals surface area contributed by atoms with E-state index in [9.17, 15) is 13.2 Å². The molecule has 1 saturated carbocycles. The summed E-state index contributed by atoms with van der Waals surface area (Å²) in [6.45, 7) is 0. The minimum Gasteiger partial charge on any atom is -0.367 e. The summed E-state index contributed by atoms with van der Waals surface area (Å²) in [4.78, 5) is 7.96. The van der Waals surface area contributed by atoms with Crippen molar-refractivity contribution in [1.82, 2.24) is 15.3 Å². The lowest BCUT2D eigenvalue weighted by atomic mass is 9.91. The highest BCUT2D eigenvalue weighted by Crippen LogP contribution is 2.45. The van der Waals surface area contributed by atoms with Gasteiger partial charge in [0.1, 0.15) is 11.4 Å². The first-order chi connectivity index (χ1) is 12.5. The van der Waals surface area contributed by atoms with Crippen molar-refractivity contribution in [2.24, 2.45) is 0 Å². The molecule has 10 heteroatoms. The van der Waals surface area contributed by atoms with Crippen molar-refractivity contribution in [2.45, 2.75) is 50.0 Å². The molecule has 1 saturated heterocycles. The van der Waals surface area contributed by atoms with Crippen LogP contribution in [0.3, 0.4) is 0 Å². The van der Waals surface area contributed by atoms with Crippen LogP contribution in [-0.2, 0) is 6.18 Å². The Morgan fingerprint density at radius 3 is 2.39 bits per heavy atom. The Hall–Kier alpha value is -1.77. The van der Waals surface area contributed by atoms with Crippen LogP contribution < -0.4 is 16.0 Å². The SMILES string of the molecule is Cl.Cl.FC(F)(F)c1cnc(Nc2ccc3c(c2)[C@@H]2CC[C@H]3N2)nc1NC1CC1. The highest BCUT2D eigenvalue weighted by atomic mass is 35.5. The maximum Gasteiger partial charge on any atom is 0.421 e. The minimum absolute atomic E-state index is 0. The van der Waals surface area contributed by atoms with Gasteiger partial charge in [0.2, 0.25) is 5.95 Å². The fourth-order valence-electron chi connectivity index (χ4n) is 3.81. The standard InChI is InChI=1S/C18H18F3N5.2ClH/c19-18(20,21)13-8-22-17(26-16(13)23-9-1-2-9)24-10-3-4-11-12(7-10)15-6-5-14(11)25-15;;/h3-4,7-9,14-15,25H,1-2,5-6H2,(H2,22,23,24,26);2*1H/t14-,15+;;/m1../s1. The zero-order chi connectivity index (χ0) is 17.9. The molecule has 0 spiro atoms. The third-order valence-corrected chi connectivity index (χ3v) is 5.25. The van der Waals surface area contributed by atoms with E-state index < -0.39 is 11.7 Å². The predicted octanol–water partition coefficient (Wildman–Crippen LogP) is 5.14. The molecular formula is C18H20Cl2F3N5. The molecule has 2 atom stereocenters. The number of benzene rings is 1. The number of nitrogens with zero attached hydrogens (tertiary/aromatic N) is 2. The maximum absolute atomic E-state index is 13.2. The summed E-state index contributed by atoms with van der Waals surface area (Å²) in [5, 5.41) is 9.46. The highest BCUT2D eigenvalue weighted by molar-refractivity contribution is 5.85. The van der Waals surface area contributed by atoms with Crippen molar-refractivity contribution in [3.8, 4) is 0 Å².